The first-order valence-electron chi connectivity index (χ1n) is 5.93. The number of rotatable bonds is 8. The van der Waals surface area contributed by atoms with Gasteiger partial charge in [-0.05, 0) is 19.1 Å². The van der Waals surface area contributed by atoms with Crippen molar-refractivity contribution in [3.8, 4) is 0 Å². The lowest BCUT2D eigenvalue weighted by molar-refractivity contribution is -0.387. The number of nitro groups is 1. The molecule has 0 saturated heterocycles. The van der Waals surface area contributed by atoms with Crippen LogP contribution in [-0.4, -0.2) is 40.1 Å². The second-order valence-corrected chi connectivity index (χ2v) is 5.60. The zero-order chi connectivity index (χ0) is 15.2. The van der Waals surface area contributed by atoms with E-state index in [1.165, 1.54) is 25.3 Å². The molecule has 0 spiro atoms. The van der Waals surface area contributed by atoms with Crippen LogP contribution in [0.5, 0.6) is 0 Å². The van der Waals surface area contributed by atoms with Gasteiger partial charge in [-0.15, -0.1) is 0 Å². The highest BCUT2D eigenvalue weighted by atomic mass is 32.2. The highest BCUT2D eigenvalue weighted by molar-refractivity contribution is 7.89. The van der Waals surface area contributed by atoms with Gasteiger partial charge in [-0.1, -0.05) is 0 Å². The summed E-state index contributed by atoms with van der Waals surface area (Å²) in [6.07, 6.45) is 0. The Morgan fingerprint density at radius 1 is 1.40 bits per heavy atom. The van der Waals surface area contributed by atoms with E-state index in [1.807, 2.05) is 6.92 Å². The lowest BCUT2D eigenvalue weighted by atomic mass is 10.3. The molecule has 8 nitrogen and oxygen atoms in total. The van der Waals surface area contributed by atoms with Crippen molar-refractivity contribution in [2.45, 2.75) is 11.8 Å². The average molecular weight is 303 g/mol. The Labute approximate surface area is 117 Å². The molecule has 9 heteroatoms. The van der Waals surface area contributed by atoms with Crippen LogP contribution in [0.2, 0.25) is 0 Å². The van der Waals surface area contributed by atoms with Gasteiger partial charge in [0.1, 0.15) is 0 Å². The Balaban J connectivity index is 3.13. The van der Waals surface area contributed by atoms with Crippen molar-refractivity contribution in [2.24, 2.45) is 0 Å². The fraction of sp³-hybridized carbons (Fsp3) is 0.455. The number of methoxy groups -OCH3 is 1. The quantitative estimate of drug-likeness (QED) is 0.420. The highest BCUT2D eigenvalue weighted by Gasteiger charge is 2.25. The maximum Gasteiger partial charge on any atom is 0.291 e. The minimum absolute atomic E-state index is 0.0466. The van der Waals surface area contributed by atoms with Gasteiger partial charge in [0, 0.05) is 32.0 Å². The molecule has 0 aliphatic rings. The molecular weight excluding hydrogens is 286 g/mol. The van der Waals surface area contributed by atoms with Crippen molar-refractivity contribution in [2.75, 3.05) is 32.1 Å². The Bertz CT molecular complexity index is 573. The predicted molar refractivity (Wildman–Crippen MR) is 74.3 cm³/mol. The van der Waals surface area contributed by atoms with Crippen LogP contribution < -0.4 is 10.0 Å². The summed E-state index contributed by atoms with van der Waals surface area (Å²) in [6, 6.07) is 3.90. The van der Waals surface area contributed by atoms with E-state index in [9.17, 15) is 18.5 Å². The molecule has 0 aliphatic carbocycles. The number of ether oxygens (including phenoxy) is 1. The molecule has 112 valence electrons. The Hall–Kier alpha value is -1.71. The normalized spacial score (nSPS) is 11.3. The number of hydrogen-bond donors (Lipinski definition) is 2. The van der Waals surface area contributed by atoms with Gasteiger partial charge in [0.2, 0.25) is 10.0 Å². The van der Waals surface area contributed by atoms with Crippen molar-refractivity contribution < 1.29 is 18.1 Å². The van der Waals surface area contributed by atoms with Gasteiger partial charge < -0.3 is 10.1 Å². The number of nitro benzene ring substituents is 1. The molecule has 2 N–H and O–H groups in total. The number of anilines is 1. The molecule has 0 atom stereocenters. The van der Waals surface area contributed by atoms with E-state index in [0.717, 1.165) is 0 Å². The zero-order valence-corrected chi connectivity index (χ0v) is 12.1. The Morgan fingerprint density at radius 3 is 2.65 bits per heavy atom. The minimum atomic E-state index is -3.94. The highest BCUT2D eigenvalue weighted by Crippen LogP contribution is 2.27. The van der Waals surface area contributed by atoms with E-state index in [1.54, 1.807) is 0 Å². The van der Waals surface area contributed by atoms with E-state index in [4.69, 9.17) is 4.74 Å². The van der Waals surface area contributed by atoms with Crippen molar-refractivity contribution >= 4 is 21.4 Å². The molecule has 0 aliphatic heterocycles. The summed E-state index contributed by atoms with van der Waals surface area (Å²) in [4.78, 5) is 9.94. The van der Waals surface area contributed by atoms with E-state index in [0.29, 0.717) is 12.2 Å². The number of nitrogens with zero attached hydrogens (tertiary/aromatic N) is 1. The third kappa shape index (κ3) is 4.15. The molecular formula is C11H17N3O5S. The first-order chi connectivity index (χ1) is 9.42. The molecule has 1 aromatic carbocycles. The summed E-state index contributed by atoms with van der Waals surface area (Å²) in [6.45, 7) is 2.64. The number of hydrogen-bond acceptors (Lipinski definition) is 6. The standard InChI is InChI=1S/C11H17N3O5S/c1-3-12-9-4-5-11(10(8-9)14(15)16)20(17,18)13-6-7-19-2/h4-5,8,12-13H,3,6-7H2,1-2H3. The van der Waals surface area contributed by atoms with Crippen LogP contribution in [0.1, 0.15) is 6.92 Å². The molecule has 0 bridgehead atoms. The van der Waals surface area contributed by atoms with Gasteiger partial charge in [-0.2, -0.15) is 0 Å². The lowest BCUT2D eigenvalue weighted by Crippen LogP contribution is -2.27. The third-order valence-corrected chi connectivity index (χ3v) is 3.93. The van der Waals surface area contributed by atoms with Gasteiger partial charge in [0.15, 0.2) is 4.90 Å². The number of sulfonamides is 1. The van der Waals surface area contributed by atoms with E-state index >= 15 is 0 Å². The van der Waals surface area contributed by atoms with Crippen LogP contribution in [0.25, 0.3) is 0 Å². The number of nitrogens with one attached hydrogen (secondary N) is 2. The SMILES string of the molecule is CCNc1ccc(S(=O)(=O)NCCOC)c([N+](=O)[O-])c1. The van der Waals surface area contributed by atoms with Gasteiger partial charge in [-0.3, -0.25) is 10.1 Å². The molecule has 0 heterocycles. The van der Waals surface area contributed by atoms with Crippen LogP contribution >= 0.6 is 0 Å². The van der Waals surface area contributed by atoms with Crippen LogP contribution in [0, 0.1) is 10.1 Å². The molecule has 0 radical (unpaired) electrons. The topological polar surface area (TPSA) is 111 Å². The minimum Gasteiger partial charge on any atom is -0.385 e. The monoisotopic (exact) mass is 303 g/mol. The summed E-state index contributed by atoms with van der Waals surface area (Å²) in [5, 5.41) is 13.9. The maximum absolute atomic E-state index is 12.0. The van der Waals surface area contributed by atoms with Crippen LogP contribution in [0.3, 0.4) is 0 Å². The fourth-order valence-corrected chi connectivity index (χ4v) is 2.72. The molecule has 0 aromatic heterocycles. The van der Waals surface area contributed by atoms with Crippen LogP contribution in [0.15, 0.2) is 23.1 Å². The van der Waals surface area contributed by atoms with Crippen molar-refractivity contribution in [1.82, 2.24) is 4.72 Å². The molecule has 0 amide bonds. The first kappa shape index (κ1) is 16.3. The smallest absolute Gasteiger partial charge is 0.291 e. The molecule has 20 heavy (non-hydrogen) atoms. The summed E-state index contributed by atoms with van der Waals surface area (Å²) >= 11 is 0. The molecule has 0 unspecified atom stereocenters. The zero-order valence-electron chi connectivity index (χ0n) is 11.3. The Morgan fingerprint density at radius 2 is 2.10 bits per heavy atom. The van der Waals surface area contributed by atoms with Crippen molar-refractivity contribution in [1.29, 1.82) is 0 Å². The van der Waals surface area contributed by atoms with Crippen LogP contribution in [-0.2, 0) is 14.8 Å². The van der Waals surface area contributed by atoms with Crippen LogP contribution in [0.4, 0.5) is 11.4 Å². The van der Waals surface area contributed by atoms with Gasteiger partial charge in [0.05, 0.1) is 11.5 Å². The largest absolute Gasteiger partial charge is 0.385 e. The average Bonchev–Trinajstić information content (AvgIpc) is 2.39. The number of benzene rings is 1. The van der Waals surface area contributed by atoms with E-state index in [-0.39, 0.29) is 18.0 Å². The second kappa shape index (κ2) is 7.17. The lowest BCUT2D eigenvalue weighted by Gasteiger charge is -2.09. The first-order valence-corrected chi connectivity index (χ1v) is 7.41. The van der Waals surface area contributed by atoms with Crippen molar-refractivity contribution in [3.63, 3.8) is 0 Å². The molecule has 0 fully saturated rings. The summed E-state index contributed by atoms with van der Waals surface area (Å²) < 4.78 is 31.0. The molecule has 0 saturated carbocycles. The van der Waals surface area contributed by atoms with Gasteiger partial charge in [0.25, 0.3) is 5.69 Å². The summed E-state index contributed by atoms with van der Waals surface area (Å²) in [7, 11) is -2.51. The Kier molecular flexibility index (Phi) is 5.86. The van der Waals surface area contributed by atoms with E-state index in [2.05, 4.69) is 10.0 Å². The second-order valence-electron chi connectivity index (χ2n) is 3.86. The van der Waals surface area contributed by atoms with Gasteiger partial charge >= 0.3 is 0 Å². The molecule has 1 aromatic rings. The summed E-state index contributed by atoms with van der Waals surface area (Å²) in [5.74, 6) is 0. The maximum atomic E-state index is 12.0. The summed E-state index contributed by atoms with van der Waals surface area (Å²) in [5.41, 5.74) is 0.0309. The fourth-order valence-electron chi connectivity index (χ4n) is 1.56. The van der Waals surface area contributed by atoms with Gasteiger partial charge in [-0.25, -0.2) is 13.1 Å². The van der Waals surface area contributed by atoms with Crippen molar-refractivity contribution in [3.05, 3.63) is 28.3 Å². The predicted octanol–water partition coefficient (Wildman–Crippen LogP) is 0.951. The third-order valence-electron chi connectivity index (χ3n) is 2.42. The van der Waals surface area contributed by atoms with E-state index < -0.39 is 20.6 Å². The molecule has 1 rings (SSSR count).